The third-order valence-corrected chi connectivity index (χ3v) is 20.4. The molecular formula is C86H63N5S. The van der Waals surface area contributed by atoms with Gasteiger partial charge in [0.2, 0.25) is 0 Å². The van der Waals surface area contributed by atoms with Gasteiger partial charge in [0.05, 0.1) is 38.7 Å². The summed E-state index contributed by atoms with van der Waals surface area (Å²) in [6.45, 7) is 17.2. The molecule has 0 aliphatic rings. The second kappa shape index (κ2) is 21.0. The Labute approximate surface area is 538 Å². The molecule has 6 heteroatoms. The van der Waals surface area contributed by atoms with Crippen LogP contribution in [0.5, 0.6) is 0 Å². The van der Waals surface area contributed by atoms with Crippen molar-refractivity contribution in [3.05, 3.63) is 287 Å². The van der Waals surface area contributed by atoms with Crippen LogP contribution in [0.2, 0.25) is 0 Å². The van der Waals surface area contributed by atoms with Gasteiger partial charge in [0.25, 0.3) is 0 Å². The molecule has 5 heterocycles. The van der Waals surface area contributed by atoms with Crippen molar-refractivity contribution < 1.29 is 0 Å². The van der Waals surface area contributed by atoms with Gasteiger partial charge < -0.3 is 13.7 Å². The molecule has 438 valence electrons. The first-order valence-corrected chi connectivity index (χ1v) is 32.5. The monoisotopic (exact) mass is 1200 g/mol. The maximum absolute atomic E-state index is 12.6. The molecule has 0 saturated heterocycles. The number of hydrogen-bond donors (Lipinski definition) is 0. The number of aryl methyl sites for hydroxylation is 8. The average Bonchev–Trinajstić information content (AvgIpc) is 0.789. The Kier molecular flexibility index (Phi) is 12.6. The zero-order valence-corrected chi connectivity index (χ0v) is 53.5. The summed E-state index contributed by atoms with van der Waals surface area (Å²) < 4.78 is 9.61. The molecule has 0 fully saturated rings. The molecule has 17 aromatic rings. The number of nitriles is 1. The third kappa shape index (κ3) is 8.53. The van der Waals surface area contributed by atoms with E-state index in [1.54, 1.807) is 0 Å². The molecule has 0 N–H and O–H groups in total. The number of nitrogens with zero attached hydrogens (tertiary/aromatic N) is 5. The SMILES string of the molecule is Cc1ccc2c(c1)c1cc(C)ccc1n2-c1ccc(-c2c(C#N)c(-c3ccc(C)nc3C)c(-c3cccc4sc5ccccc5c34)c(-c3ccc(-n4c5ccc(C)cc5c5cc(C)ccc54)cc3)c2-c2ccc(-n3c4ccc(C)cc4c4cc(C)ccc43)cc2)cc1. The molecule has 0 unspecified atom stereocenters. The molecule has 12 aromatic carbocycles. The maximum atomic E-state index is 12.6. The molecule has 0 amide bonds. The van der Waals surface area contributed by atoms with Crippen LogP contribution >= 0.6 is 11.3 Å². The standard InChI is InChI=1S/C86H63N5S/c1-49-16-36-73-66(42-49)67-43-50(2)17-37-74(67)89(73)60-29-23-57(24-30-60)81-72(48-87)85(63-35-22-55(7)88-56(63)8)86(65-13-11-15-80-84(65)64-12-9-10-14-79(64)92-80)83(59-27-33-62(34-28-59)91-77-40-20-53(5)46-70(77)71-47-54(6)21-41-78(71)91)82(81)58-25-31-61(32-26-58)90-75-38-18-51(3)44-68(75)69-45-52(4)19-39-76(69)90/h9-47H,1-8H3. The Morgan fingerprint density at radius 3 is 1.08 bits per heavy atom. The van der Waals surface area contributed by atoms with Crippen molar-refractivity contribution in [2.24, 2.45) is 0 Å². The smallest absolute Gasteiger partial charge is 0.100 e. The Morgan fingerprint density at radius 1 is 0.315 bits per heavy atom. The molecule has 0 saturated carbocycles. The minimum atomic E-state index is 0.587. The summed E-state index contributed by atoms with van der Waals surface area (Å²) in [5, 5.41) is 22.3. The molecule has 92 heavy (non-hydrogen) atoms. The van der Waals surface area contributed by atoms with Gasteiger partial charge >= 0.3 is 0 Å². The average molecular weight is 1200 g/mol. The Hall–Kier alpha value is -11.1. The van der Waals surface area contributed by atoms with Gasteiger partial charge in [-0.2, -0.15) is 5.26 Å². The lowest BCUT2D eigenvalue weighted by Crippen LogP contribution is -2.04. The Bertz CT molecular complexity index is 5840. The van der Waals surface area contributed by atoms with E-state index >= 15 is 0 Å². The Morgan fingerprint density at radius 2 is 0.685 bits per heavy atom. The van der Waals surface area contributed by atoms with Crippen LogP contribution in [0.4, 0.5) is 0 Å². The second-order valence-electron chi connectivity index (χ2n) is 25.5. The van der Waals surface area contributed by atoms with Gasteiger partial charge in [-0.05, 0) is 216 Å². The topological polar surface area (TPSA) is 51.5 Å². The fourth-order valence-corrected chi connectivity index (χ4v) is 16.3. The van der Waals surface area contributed by atoms with Crippen LogP contribution in [-0.4, -0.2) is 18.7 Å². The molecule has 0 radical (unpaired) electrons. The minimum Gasteiger partial charge on any atom is -0.309 e. The van der Waals surface area contributed by atoms with E-state index < -0.39 is 0 Å². The first-order chi connectivity index (χ1) is 44.8. The van der Waals surface area contributed by atoms with Gasteiger partial charge in [0.1, 0.15) is 6.07 Å². The predicted molar refractivity (Wildman–Crippen MR) is 390 cm³/mol. The molecular weight excluding hydrogens is 1140 g/mol. The van der Waals surface area contributed by atoms with Crippen LogP contribution < -0.4 is 0 Å². The van der Waals surface area contributed by atoms with Crippen LogP contribution in [-0.2, 0) is 0 Å². The van der Waals surface area contributed by atoms with Gasteiger partial charge in [-0.3, -0.25) is 4.98 Å². The fraction of sp³-hybridized carbons (Fsp3) is 0.0930. The highest BCUT2D eigenvalue weighted by molar-refractivity contribution is 7.26. The van der Waals surface area contributed by atoms with Crippen LogP contribution in [0.15, 0.2) is 237 Å². The largest absolute Gasteiger partial charge is 0.309 e. The summed E-state index contributed by atoms with van der Waals surface area (Å²) in [5.74, 6) is 0. The number of benzene rings is 12. The van der Waals surface area contributed by atoms with Crippen LogP contribution in [0.1, 0.15) is 50.3 Å². The number of thiophene rings is 1. The van der Waals surface area contributed by atoms with Crippen molar-refractivity contribution in [1.82, 2.24) is 18.7 Å². The molecule has 0 aliphatic heterocycles. The Balaban J connectivity index is 1.01. The summed E-state index contributed by atoms with van der Waals surface area (Å²) >= 11 is 1.81. The number of aromatic nitrogens is 4. The molecule has 0 aliphatic carbocycles. The third-order valence-electron chi connectivity index (χ3n) is 19.2. The zero-order chi connectivity index (χ0) is 62.4. The van der Waals surface area contributed by atoms with E-state index in [-0.39, 0.29) is 0 Å². The first kappa shape index (κ1) is 55.0. The molecule has 0 bridgehead atoms. The van der Waals surface area contributed by atoms with Gasteiger partial charge in [-0.15, -0.1) is 11.3 Å². The summed E-state index contributed by atoms with van der Waals surface area (Å²) in [6, 6.07) is 91.0. The van der Waals surface area contributed by atoms with Crippen molar-refractivity contribution >= 4 is 96.9 Å². The predicted octanol–water partition coefficient (Wildman–Crippen LogP) is 23.4. The van der Waals surface area contributed by atoms with Crippen molar-refractivity contribution in [3.8, 4) is 78.8 Å². The molecule has 0 atom stereocenters. The van der Waals surface area contributed by atoms with Crippen LogP contribution in [0.3, 0.4) is 0 Å². The maximum Gasteiger partial charge on any atom is 0.100 e. The van der Waals surface area contributed by atoms with E-state index in [2.05, 4.69) is 305 Å². The lowest BCUT2D eigenvalue weighted by molar-refractivity contribution is 1.12. The van der Waals surface area contributed by atoms with Crippen LogP contribution in [0, 0.1) is 66.7 Å². The van der Waals surface area contributed by atoms with E-state index in [0.717, 1.165) is 123 Å². The van der Waals surface area contributed by atoms with Gasteiger partial charge in [-0.1, -0.05) is 143 Å². The number of fused-ring (bicyclic) bond motifs is 12. The van der Waals surface area contributed by atoms with Crippen molar-refractivity contribution in [3.63, 3.8) is 0 Å². The fourth-order valence-electron chi connectivity index (χ4n) is 15.1. The van der Waals surface area contributed by atoms with Gasteiger partial charge in [0.15, 0.2) is 0 Å². The van der Waals surface area contributed by atoms with Gasteiger partial charge in [0, 0.05) is 103 Å². The molecule has 5 aromatic heterocycles. The van der Waals surface area contributed by atoms with Crippen molar-refractivity contribution in [2.75, 3.05) is 0 Å². The summed E-state index contributed by atoms with van der Waals surface area (Å²) in [6.07, 6.45) is 0. The zero-order valence-electron chi connectivity index (χ0n) is 52.7. The lowest BCUT2D eigenvalue weighted by Gasteiger charge is -2.27. The molecule has 5 nitrogen and oxygen atoms in total. The number of rotatable bonds is 8. The summed E-state index contributed by atoms with van der Waals surface area (Å²) in [4.78, 5) is 5.22. The normalized spacial score (nSPS) is 11.9. The quantitative estimate of drug-likeness (QED) is 0.152. The summed E-state index contributed by atoms with van der Waals surface area (Å²) in [7, 11) is 0. The highest BCUT2D eigenvalue weighted by Crippen LogP contribution is 2.56. The first-order valence-electron chi connectivity index (χ1n) is 31.7. The van der Waals surface area contributed by atoms with Crippen LogP contribution in [0.25, 0.3) is 158 Å². The number of pyridine rings is 1. The summed E-state index contributed by atoms with van der Waals surface area (Å²) in [5.41, 5.74) is 29.5. The number of hydrogen-bond acceptors (Lipinski definition) is 3. The lowest BCUT2D eigenvalue weighted by atomic mass is 9.75. The second-order valence-corrected chi connectivity index (χ2v) is 26.6. The van der Waals surface area contributed by atoms with E-state index in [0.29, 0.717) is 5.56 Å². The van der Waals surface area contributed by atoms with Gasteiger partial charge in [-0.25, -0.2) is 0 Å². The van der Waals surface area contributed by atoms with Crippen molar-refractivity contribution in [1.29, 1.82) is 5.26 Å². The van der Waals surface area contributed by atoms with E-state index in [9.17, 15) is 5.26 Å². The van der Waals surface area contributed by atoms with Crippen molar-refractivity contribution in [2.45, 2.75) is 55.4 Å². The molecule has 17 rings (SSSR count). The van der Waals surface area contributed by atoms with E-state index in [1.165, 1.54) is 80.5 Å². The molecule has 0 spiro atoms. The minimum absolute atomic E-state index is 0.587. The highest BCUT2D eigenvalue weighted by Gasteiger charge is 2.32. The van der Waals surface area contributed by atoms with E-state index in [1.807, 2.05) is 18.3 Å². The van der Waals surface area contributed by atoms with E-state index in [4.69, 9.17) is 4.98 Å². The highest BCUT2D eigenvalue weighted by atomic mass is 32.1.